The number of rotatable bonds is 4. The van der Waals surface area contributed by atoms with Gasteiger partial charge in [-0.3, -0.25) is 0 Å². The van der Waals surface area contributed by atoms with Crippen LogP contribution in [-0.4, -0.2) is 20.9 Å². The van der Waals surface area contributed by atoms with Gasteiger partial charge in [-0.25, -0.2) is 9.48 Å². The van der Waals surface area contributed by atoms with E-state index in [9.17, 15) is 9.90 Å². The summed E-state index contributed by atoms with van der Waals surface area (Å²) < 4.78 is 1.53. The second kappa shape index (κ2) is 5.90. The Kier molecular flexibility index (Phi) is 4.37. The number of carboxylic acid groups (broad SMARTS) is 1. The fourth-order valence-corrected chi connectivity index (χ4v) is 2.70. The molecule has 2 aromatic rings. The summed E-state index contributed by atoms with van der Waals surface area (Å²) in [6, 6.07) is 5.90. The number of aryl methyl sites for hydroxylation is 2. The van der Waals surface area contributed by atoms with Gasteiger partial charge in [0.15, 0.2) is 0 Å². The Hall–Kier alpha value is -1.81. The number of aromatic nitrogens is 2. The van der Waals surface area contributed by atoms with E-state index >= 15 is 0 Å². The third kappa shape index (κ3) is 3.10. The van der Waals surface area contributed by atoms with E-state index in [2.05, 4.69) is 5.10 Å². The standard InChI is InChI=1S/C16H19ClN2O2/c1-9(2)7-12-14(16(20)21)15(17)19(18-12)13-6-5-10(3)8-11(13)4/h5-6,8-9H,7H2,1-4H3,(H,20,21). The minimum Gasteiger partial charge on any atom is -0.478 e. The van der Waals surface area contributed by atoms with Crippen molar-refractivity contribution in [2.45, 2.75) is 34.1 Å². The maximum Gasteiger partial charge on any atom is 0.340 e. The number of aromatic carboxylic acids is 1. The van der Waals surface area contributed by atoms with Crippen LogP contribution in [0.5, 0.6) is 0 Å². The van der Waals surface area contributed by atoms with Crippen LogP contribution in [0.4, 0.5) is 0 Å². The van der Waals surface area contributed by atoms with Gasteiger partial charge in [0, 0.05) is 0 Å². The zero-order valence-corrected chi connectivity index (χ0v) is 13.4. The largest absolute Gasteiger partial charge is 0.478 e. The minimum absolute atomic E-state index is 0.102. The summed E-state index contributed by atoms with van der Waals surface area (Å²) in [6.45, 7) is 8.02. The molecule has 0 bridgehead atoms. The van der Waals surface area contributed by atoms with Crippen molar-refractivity contribution in [3.63, 3.8) is 0 Å². The van der Waals surface area contributed by atoms with E-state index in [1.165, 1.54) is 4.68 Å². The molecule has 0 aliphatic rings. The quantitative estimate of drug-likeness (QED) is 0.927. The number of carbonyl (C=O) groups is 1. The van der Waals surface area contributed by atoms with Gasteiger partial charge in [0.1, 0.15) is 10.7 Å². The Balaban J connectivity index is 2.62. The molecular formula is C16H19ClN2O2. The van der Waals surface area contributed by atoms with Crippen LogP contribution in [0, 0.1) is 19.8 Å². The molecule has 2 rings (SSSR count). The minimum atomic E-state index is -1.04. The molecule has 21 heavy (non-hydrogen) atoms. The number of hydrogen-bond donors (Lipinski definition) is 1. The van der Waals surface area contributed by atoms with Crippen molar-refractivity contribution in [2.75, 3.05) is 0 Å². The monoisotopic (exact) mass is 306 g/mol. The van der Waals surface area contributed by atoms with Crippen molar-refractivity contribution in [1.82, 2.24) is 9.78 Å². The predicted molar refractivity (Wildman–Crippen MR) is 83.5 cm³/mol. The Morgan fingerprint density at radius 2 is 2.05 bits per heavy atom. The summed E-state index contributed by atoms with van der Waals surface area (Å²) in [5.41, 5.74) is 3.59. The number of halogens is 1. The predicted octanol–water partition coefficient (Wildman–Crippen LogP) is 4.04. The fourth-order valence-electron chi connectivity index (χ4n) is 2.38. The molecular weight excluding hydrogens is 288 g/mol. The van der Waals surface area contributed by atoms with Crippen molar-refractivity contribution < 1.29 is 9.90 Å². The molecule has 0 unspecified atom stereocenters. The first-order valence-electron chi connectivity index (χ1n) is 6.89. The Morgan fingerprint density at radius 3 is 2.57 bits per heavy atom. The third-order valence-electron chi connectivity index (χ3n) is 3.30. The van der Waals surface area contributed by atoms with Crippen LogP contribution < -0.4 is 0 Å². The molecule has 0 fully saturated rings. The molecule has 0 spiro atoms. The number of nitrogens with zero attached hydrogens (tertiary/aromatic N) is 2. The topological polar surface area (TPSA) is 55.1 Å². The molecule has 0 amide bonds. The van der Waals surface area contributed by atoms with Crippen molar-refractivity contribution in [1.29, 1.82) is 0 Å². The van der Waals surface area contributed by atoms with E-state index in [0.29, 0.717) is 18.0 Å². The van der Waals surface area contributed by atoms with Crippen LogP contribution in [0.3, 0.4) is 0 Å². The van der Waals surface area contributed by atoms with Gasteiger partial charge in [0.2, 0.25) is 0 Å². The first-order valence-corrected chi connectivity index (χ1v) is 7.27. The van der Waals surface area contributed by atoms with Crippen LogP contribution >= 0.6 is 11.6 Å². The first-order chi connectivity index (χ1) is 9.81. The summed E-state index contributed by atoms with van der Waals surface area (Å²) in [6.07, 6.45) is 0.583. The second-order valence-electron chi connectivity index (χ2n) is 5.72. The summed E-state index contributed by atoms with van der Waals surface area (Å²) in [4.78, 5) is 11.5. The molecule has 0 saturated carbocycles. The summed E-state index contributed by atoms with van der Waals surface area (Å²) in [7, 11) is 0. The lowest BCUT2D eigenvalue weighted by atomic mass is 10.1. The van der Waals surface area contributed by atoms with Crippen LogP contribution in [0.15, 0.2) is 18.2 Å². The molecule has 1 aromatic heterocycles. The zero-order valence-electron chi connectivity index (χ0n) is 12.6. The van der Waals surface area contributed by atoms with Crippen LogP contribution in [0.25, 0.3) is 5.69 Å². The highest BCUT2D eigenvalue weighted by molar-refractivity contribution is 6.33. The SMILES string of the molecule is Cc1ccc(-n2nc(CC(C)C)c(C(=O)O)c2Cl)c(C)c1. The summed E-state index contributed by atoms with van der Waals surface area (Å²) in [5, 5.41) is 14.0. The van der Waals surface area contributed by atoms with Gasteiger partial charge >= 0.3 is 5.97 Å². The van der Waals surface area contributed by atoms with Crippen molar-refractivity contribution >= 4 is 17.6 Å². The van der Waals surface area contributed by atoms with Gasteiger partial charge in [-0.15, -0.1) is 0 Å². The molecule has 5 heteroatoms. The molecule has 0 saturated heterocycles. The average Bonchev–Trinajstić information content (AvgIpc) is 2.65. The number of carboxylic acids is 1. The smallest absolute Gasteiger partial charge is 0.340 e. The highest BCUT2D eigenvalue weighted by Crippen LogP contribution is 2.27. The van der Waals surface area contributed by atoms with Crippen LogP contribution in [0.2, 0.25) is 5.15 Å². The molecule has 0 aliphatic heterocycles. The van der Waals surface area contributed by atoms with E-state index in [-0.39, 0.29) is 10.7 Å². The molecule has 1 N–H and O–H groups in total. The van der Waals surface area contributed by atoms with Crippen molar-refractivity contribution in [3.8, 4) is 5.69 Å². The van der Waals surface area contributed by atoms with E-state index in [1.54, 1.807) is 0 Å². The fraction of sp³-hybridized carbons (Fsp3) is 0.375. The zero-order chi connectivity index (χ0) is 15.7. The van der Waals surface area contributed by atoms with Gasteiger partial charge in [0.05, 0.1) is 11.4 Å². The average molecular weight is 307 g/mol. The summed E-state index contributed by atoms with van der Waals surface area (Å²) >= 11 is 6.27. The maximum atomic E-state index is 11.5. The van der Waals surface area contributed by atoms with Crippen LogP contribution in [-0.2, 0) is 6.42 Å². The molecule has 0 aliphatic carbocycles. The van der Waals surface area contributed by atoms with E-state index < -0.39 is 5.97 Å². The second-order valence-corrected chi connectivity index (χ2v) is 6.08. The molecule has 0 radical (unpaired) electrons. The Morgan fingerprint density at radius 1 is 1.38 bits per heavy atom. The first kappa shape index (κ1) is 15.6. The van der Waals surface area contributed by atoms with E-state index in [4.69, 9.17) is 11.6 Å². The van der Waals surface area contributed by atoms with Gasteiger partial charge in [-0.05, 0) is 37.8 Å². The van der Waals surface area contributed by atoms with Gasteiger partial charge in [-0.1, -0.05) is 43.1 Å². The maximum absolute atomic E-state index is 11.5. The number of hydrogen-bond acceptors (Lipinski definition) is 2. The highest BCUT2D eigenvalue weighted by Gasteiger charge is 2.23. The molecule has 1 aromatic carbocycles. The lowest BCUT2D eigenvalue weighted by Gasteiger charge is -2.08. The van der Waals surface area contributed by atoms with E-state index in [1.807, 2.05) is 45.9 Å². The molecule has 1 heterocycles. The van der Waals surface area contributed by atoms with Gasteiger partial charge < -0.3 is 5.11 Å². The van der Waals surface area contributed by atoms with Crippen LogP contribution in [0.1, 0.15) is 41.0 Å². The van der Waals surface area contributed by atoms with Gasteiger partial charge in [0.25, 0.3) is 0 Å². The van der Waals surface area contributed by atoms with E-state index in [0.717, 1.165) is 16.8 Å². The summed E-state index contributed by atoms with van der Waals surface area (Å²) in [5.74, 6) is -0.728. The Labute approximate surface area is 129 Å². The lowest BCUT2D eigenvalue weighted by molar-refractivity contribution is 0.0695. The van der Waals surface area contributed by atoms with Crippen molar-refractivity contribution in [2.24, 2.45) is 5.92 Å². The Bertz CT molecular complexity index is 690. The normalized spacial score (nSPS) is 11.1. The van der Waals surface area contributed by atoms with Gasteiger partial charge in [-0.2, -0.15) is 5.10 Å². The molecule has 112 valence electrons. The molecule has 0 atom stereocenters. The van der Waals surface area contributed by atoms with Crippen molar-refractivity contribution in [3.05, 3.63) is 45.7 Å². The third-order valence-corrected chi connectivity index (χ3v) is 3.65. The number of benzene rings is 1. The highest BCUT2D eigenvalue weighted by atomic mass is 35.5. The lowest BCUT2D eigenvalue weighted by Crippen LogP contribution is -2.03. The molecule has 4 nitrogen and oxygen atoms in total.